The van der Waals surface area contributed by atoms with Gasteiger partial charge in [-0.2, -0.15) is 5.26 Å². The van der Waals surface area contributed by atoms with Gasteiger partial charge in [-0.3, -0.25) is 10.1 Å². The van der Waals surface area contributed by atoms with Crippen LogP contribution in [-0.2, 0) is 0 Å². The lowest BCUT2D eigenvalue weighted by Crippen LogP contribution is -1.97. The van der Waals surface area contributed by atoms with E-state index < -0.39 is 4.92 Å². The number of nitro benzene ring substituents is 1. The van der Waals surface area contributed by atoms with Crippen LogP contribution >= 0.6 is 0 Å². The van der Waals surface area contributed by atoms with E-state index in [9.17, 15) is 10.1 Å². The van der Waals surface area contributed by atoms with E-state index in [-0.39, 0.29) is 5.69 Å². The normalized spacial score (nSPS) is 9.50. The summed E-state index contributed by atoms with van der Waals surface area (Å²) in [5.41, 5.74) is 1.36. The Balaban J connectivity index is 2.42. The third-order valence-corrected chi connectivity index (χ3v) is 2.38. The number of nitro groups is 1. The fourth-order valence-corrected chi connectivity index (χ4v) is 1.54. The minimum Gasteiger partial charge on any atom is -0.350 e. The van der Waals surface area contributed by atoms with E-state index >= 15 is 0 Å². The molecule has 88 valence electrons. The van der Waals surface area contributed by atoms with Gasteiger partial charge in [0.15, 0.2) is 0 Å². The Bertz CT molecular complexity index is 618. The molecule has 0 radical (unpaired) electrons. The molecule has 0 saturated heterocycles. The fraction of sp³-hybridized carbons (Fsp3) is 0. The van der Waals surface area contributed by atoms with Crippen molar-refractivity contribution < 1.29 is 4.92 Å². The van der Waals surface area contributed by atoms with Gasteiger partial charge in [0.2, 0.25) is 0 Å². The molecule has 18 heavy (non-hydrogen) atoms. The Kier molecular flexibility index (Phi) is 3.21. The van der Waals surface area contributed by atoms with Crippen molar-refractivity contribution in [2.45, 2.75) is 0 Å². The highest BCUT2D eigenvalue weighted by Gasteiger charge is 2.14. The van der Waals surface area contributed by atoms with E-state index in [0.717, 1.165) is 5.69 Å². The minimum absolute atomic E-state index is 0.0575. The standard InChI is InChI=1S/C13H9N3O2/c14-9-10-6-7-13(16(17)18)12(8-10)15-11-4-2-1-3-5-11/h1-8,15H. The summed E-state index contributed by atoms with van der Waals surface area (Å²) in [7, 11) is 0. The Morgan fingerprint density at radius 2 is 1.89 bits per heavy atom. The van der Waals surface area contributed by atoms with Gasteiger partial charge in [0.05, 0.1) is 16.6 Å². The summed E-state index contributed by atoms with van der Waals surface area (Å²) >= 11 is 0. The summed E-state index contributed by atoms with van der Waals surface area (Å²) in [6.07, 6.45) is 0. The summed E-state index contributed by atoms with van der Waals surface area (Å²) in [5, 5.41) is 22.6. The molecule has 2 rings (SSSR count). The molecule has 2 aromatic rings. The lowest BCUT2D eigenvalue weighted by Gasteiger charge is -2.07. The zero-order valence-electron chi connectivity index (χ0n) is 9.33. The lowest BCUT2D eigenvalue weighted by molar-refractivity contribution is -0.383. The van der Waals surface area contributed by atoms with E-state index in [1.54, 1.807) is 12.1 Å². The average molecular weight is 239 g/mol. The molecular formula is C13H9N3O2. The average Bonchev–Trinajstić information content (AvgIpc) is 2.39. The smallest absolute Gasteiger partial charge is 0.292 e. The molecule has 2 aromatic carbocycles. The SMILES string of the molecule is N#Cc1ccc([N+](=O)[O-])c(Nc2ccccc2)c1. The number of benzene rings is 2. The largest absolute Gasteiger partial charge is 0.350 e. The number of nitrogens with one attached hydrogen (secondary N) is 1. The number of nitriles is 1. The molecule has 0 heterocycles. The molecular weight excluding hydrogens is 230 g/mol. The van der Waals surface area contributed by atoms with E-state index in [1.807, 2.05) is 24.3 Å². The van der Waals surface area contributed by atoms with Gasteiger partial charge in [-0.05, 0) is 24.3 Å². The van der Waals surface area contributed by atoms with Gasteiger partial charge in [-0.1, -0.05) is 18.2 Å². The van der Waals surface area contributed by atoms with E-state index in [0.29, 0.717) is 11.3 Å². The topological polar surface area (TPSA) is 79.0 Å². The van der Waals surface area contributed by atoms with Crippen LogP contribution in [0.15, 0.2) is 48.5 Å². The van der Waals surface area contributed by atoms with Crippen molar-refractivity contribution in [3.8, 4) is 6.07 Å². The van der Waals surface area contributed by atoms with Crippen LogP contribution in [0.25, 0.3) is 0 Å². The lowest BCUT2D eigenvalue weighted by atomic mass is 10.2. The van der Waals surface area contributed by atoms with Crippen molar-refractivity contribution in [1.29, 1.82) is 5.26 Å². The van der Waals surface area contributed by atoms with E-state index in [1.165, 1.54) is 18.2 Å². The first-order valence-electron chi connectivity index (χ1n) is 5.21. The van der Waals surface area contributed by atoms with Crippen molar-refractivity contribution in [2.24, 2.45) is 0 Å². The second-order valence-electron chi connectivity index (χ2n) is 3.59. The monoisotopic (exact) mass is 239 g/mol. The summed E-state index contributed by atoms with van der Waals surface area (Å²) in [5.74, 6) is 0. The highest BCUT2D eigenvalue weighted by molar-refractivity contribution is 5.71. The van der Waals surface area contributed by atoms with Crippen molar-refractivity contribution >= 4 is 17.1 Å². The molecule has 0 aliphatic heterocycles. The molecule has 0 atom stereocenters. The van der Waals surface area contributed by atoms with Crippen molar-refractivity contribution in [1.82, 2.24) is 0 Å². The van der Waals surface area contributed by atoms with Gasteiger partial charge < -0.3 is 5.32 Å². The predicted octanol–water partition coefficient (Wildman–Crippen LogP) is 3.21. The fourth-order valence-electron chi connectivity index (χ4n) is 1.54. The van der Waals surface area contributed by atoms with Crippen LogP contribution in [-0.4, -0.2) is 4.92 Å². The minimum atomic E-state index is -0.480. The molecule has 0 spiro atoms. The van der Waals surface area contributed by atoms with Crippen molar-refractivity contribution in [3.63, 3.8) is 0 Å². The maximum Gasteiger partial charge on any atom is 0.292 e. The Morgan fingerprint density at radius 1 is 1.17 bits per heavy atom. The highest BCUT2D eigenvalue weighted by Crippen LogP contribution is 2.28. The van der Waals surface area contributed by atoms with Crippen LogP contribution in [0.1, 0.15) is 5.56 Å². The second kappa shape index (κ2) is 4.97. The Hall–Kier alpha value is -2.87. The van der Waals surface area contributed by atoms with Crippen LogP contribution < -0.4 is 5.32 Å². The van der Waals surface area contributed by atoms with E-state index in [4.69, 9.17) is 5.26 Å². The predicted molar refractivity (Wildman–Crippen MR) is 67.5 cm³/mol. The van der Waals surface area contributed by atoms with Crippen molar-refractivity contribution in [2.75, 3.05) is 5.32 Å². The molecule has 0 aliphatic carbocycles. The molecule has 0 aliphatic rings. The molecule has 5 nitrogen and oxygen atoms in total. The van der Waals surface area contributed by atoms with Crippen LogP contribution in [0.5, 0.6) is 0 Å². The van der Waals surface area contributed by atoms with Crippen LogP contribution in [0.3, 0.4) is 0 Å². The highest BCUT2D eigenvalue weighted by atomic mass is 16.6. The number of hydrogen-bond donors (Lipinski definition) is 1. The Morgan fingerprint density at radius 3 is 2.50 bits per heavy atom. The molecule has 5 heteroatoms. The molecule has 1 N–H and O–H groups in total. The molecule has 0 fully saturated rings. The number of rotatable bonds is 3. The number of nitrogens with zero attached hydrogens (tertiary/aromatic N) is 2. The number of para-hydroxylation sites is 1. The third kappa shape index (κ3) is 2.44. The van der Waals surface area contributed by atoms with Crippen LogP contribution in [0.2, 0.25) is 0 Å². The van der Waals surface area contributed by atoms with Crippen LogP contribution in [0, 0.1) is 21.4 Å². The van der Waals surface area contributed by atoms with Gasteiger partial charge in [-0.25, -0.2) is 0 Å². The number of anilines is 2. The van der Waals surface area contributed by atoms with Gasteiger partial charge >= 0.3 is 0 Å². The van der Waals surface area contributed by atoms with Gasteiger partial charge in [0.25, 0.3) is 5.69 Å². The van der Waals surface area contributed by atoms with Gasteiger partial charge in [-0.15, -0.1) is 0 Å². The quantitative estimate of drug-likeness (QED) is 0.658. The first kappa shape index (κ1) is 11.6. The third-order valence-electron chi connectivity index (χ3n) is 2.38. The first-order chi connectivity index (χ1) is 8.70. The zero-order chi connectivity index (χ0) is 13.0. The number of hydrogen-bond acceptors (Lipinski definition) is 4. The molecule has 0 unspecified atom stereocenters. The summed E-state index contributed by atoms with van der Waals surface area (Å²) < 4.78 is 0. The molecule has 0 aromatic heterocycles. The van der Waals surface area contributed by atoms with Crippen molar-refractivity contribution in [3.05, 3.63) is 64.2 Å². The second-order valence-corrected chi connectivity index (χ2v) is 3.59. The summed E-state index contributed by atoms with van der Waals surface area (Å²) in [6.45, 7) is 0. The molecule has 0 amide bonds. The molecule has 0 bridgehead atoms. The maximum atomic E-state index is 10.9. The Labute approximate surface area is 103 Å². The summed E-state index contributed by atoms with van der Waals surface area (Å²) in [6, 6.07) is 15.3. The van der Waals surface area contributed by atoms with E-state index in [2.05, 4.69) is 5.32 Å². The molecule has 0 saturated carbocycles. The first-order valence-corrected chi connectivity index (χ1v) is 5.21. The summed E-state index contributed by atoms with van der Waals surface area (Å²) in [4.78, 5) is 10.4. The van der Waals surface area contributed by atoms with Gasteiger partial charge in [0.1, 0.15) is 5.69 Å². The van der Waals surface area contributed by atoms with Crippen LogP contribution in [0.4, 0.5) is 17.1 Å². The van der Waals surface area contributed by atoms with Gasteiger partial charge in [0, 0.05) is 11.8 Å². The zero-order valence-corrected chi connectivity index (χ0v) is 9.33. The maximum absolute atomic E-state index is 10.9.